The summed E-state index contributed by atoms with van der Waals surface area (Å²) < 4.78 is 0. The van der Waals surface area contributed by atoms with Crippen LogP contribution in [0.3, 0.4) is 0 Å². The molecule has 6 heteroatoms. The van der Waals surface area contributed by atoms with E-state index in [1.165, 1.54) is 12.0 Å². The van der Waals surface area contributed by atoms with E-state index in [1.807, 2.05) is 4.90 Å². The molecular formula is C19H29N5O. The lowest BCUT2D eigenvalue weighted by Crippen LogP contribution is -2.39. The third-order valence-electron chi connectivity index (χ3n) is 6.01. The molecule has 2 fully saturated rings. The largest absolute Gasteiger partial charge is 0.355 e. The Morgan fingerprint density at radius 2 is 2.00 bits per heavy atom. The second-order valence-corrected chi connectivity index (χ2v) is 7.52. The zero-order valence-electron chi connectivity index (χ0n) is 15.4. The summed E-state index contributed by atoms with van der Waals surface area (Å²) >= 11 is 0. The van der Waals surface area contributed by atoms with Crippen LogP contribution in [0.2, 0.25) is 0 Å². The normalized spacial score (nSPS) is 23.2. The summed E-state index contributed by atoms with van der Waals surface area (Å²) in [6, 6.07) is 0.622. The second kappa shape index (κ2) is 6.90. The molecule has 1 aliphatic carbocycles. The van der Waals surface area contributed by atoms with Crippen molar-refractivity contribution in [1.82, 2.24) is 19.8 Å². The molecule has 1 saturated heterocycles. The van der Waals surface area contributed by atoms with Gasteiger partial charge in [-0.1, -0.05) is 13.8 Å². The van der Waals surface area contributed by atoms with Gasteiger partial charge < -0.3 is 9.80 Å². The van der Waals surface area contributed by atoms with Gasteiger partial charge in [0.1, 0.15) is 12.1 Å². The van der Waals surface area contributed by atoms with Crippen molar-refractivity contribution in [3.05, 3.63) is 17.6 Å². The van der Waals surface area contributed by atoms with E-state index in [2.05, 4.69) is 33.6 Å². The van der Waals surface area contributed by atoms with E-state index in [9.17, 15) is 4.79 Å². The molecule has 0 radical (unpaired) electrons. The molecule has 1 aromatic heterocycles. The van der Waals surface area contributed by atoms with Gasteiger partial charge in [-0.15, -0.1) is 0 Å². The van der Waals surface area contributed by atoms with Gasteiger partial charge in [0.15, 0.2) is 0 Å². The average molecular weight is 343 g/mol. The SMILES string of the molecule is CCN(CC)[C@@H]1CCN(c2ncnc3c2CCN(C(=O)C2CC2)C3)C1. The highest BCUT2D eigenvalue weighted by molar-refractivity contribution is 5.81. The van der Waals surface area contributed by atoms with E-state index < -0.39 is 0 Å². The molecule has 136 valence electrons. The molecule has 2 aliphatic heterocycles. The van der Waals surface area contributed by atoms with E-state index >= 15 is 0 Å². The molecule has 1 atom stereocenters. The van der Waals surface area contributed by atoms with E-state index in [4.69, 9.17) is 0 Å². The number of likely N-dealkylation sites (N-methyl/N-ethyl adjacent to an activating group) is 1. The first-order chi connectivity index (χ1) is 12.2. The van der Waals surface area contributed by atoms with Crippen LogP contribution in [-0.4, -0.2) is 64.4 Å². The van der Waals surface area contributed by atoms with Gasteiger partial charge >= 0.3 is 0 Å². The summed E-state index contributed by atoms with van der Waals surface area (Å²) in [5, 5.41) is 0. The maximum atomic E-state index is 12.4. The first-order valence-corrected chi connectivity index (χ1v) is 9.81. The summed E-state index contributed by atoms with van der Waals surface area (Å²) in [4.78, 5) is 28.5. The third kappa shape index (κ3) is 3.24. The summed E-state index contributed by atoms with van der Waals surface area (Å²) in [6.07, 6.45) is 5.91. The molecular weight excluding hydrogens is 314 g/mol. The number of amides is 1. The molecule has 25 heavy (non-hydrogen) atoms. The molecule has 0 aromatic carbocycles. The Morgan fingerprint density at radius 1 is 1.20 bits per heavy atom. The predicted octanol–water partition coefficient (Wildman–Crippen LogP) is 1.69. The predicted molar refractivity (Wildman–Crippen MR) is 97.4 cm³/mol. The number of anilines is 1. The lowest BCUT2D eigenvalue weighted by Gasteiger charge is -2.31. The van der Waals surface area contributed by atoms with Crippen molar-refractivity contribution in [3.63, 3.8) is 0 Å². The first-order valence-electron chi connectivity index (χ1n) is 9.81. The Balaban J connectivity index is 1.49. The zero-order chi connectivity index (χ0) is 17.4. The summed E-state index contributed by atoms with van der Waals surface area (Å²) in [5.74, 6) is 1.73. The molecule has 0 bridgehead atoms. The molecule has 1 aromatic rings. The lowest BCUT2D eigenvalue weighted by molar-refractivity contribution is -0.133. The van der Waals surface area contributed by atoms with Crippen LogP contribution in [0.4, 0.5) is 5.82 Å². The monoisotopic (exact) mass is 343 g/mol. The smallest absolute Gasteiger partial charge is 0.226 e. The van der Waals surface area contributed by atoms with Crippen LogP contribution in [0, 0.1) is 5.92 Å². The number of hydrogen-bond donors (Lipinski definition) is 0. The maximum Gasteiger partial charge on any atom is 0.226 e. The Morgan fingerprint density at radius 3 is 2.72 bits per heavy atom. The molecule has 0 spiro atoms. The number of aromatic nitrogens is 2. The van der Waals surface area contributed by atoms with Gasteiger partial charge in [0, 0.05) is 37.2 Å². The third-order valence-corrected chi connectivity index (χ3v) is 6.01. The van der Waals surface area contributed by atoms with Gasteiger partial charge in [-0.2, -0.15) is 0 Å². The van der Waals surface area contributed by atoms with Crippen LogP contribution in [0.5, 0.6) is 0 Å². The van der Waals surface area contributed by atoms with Crippen LogP contribution < -0.4 is 4.90 Å². The van der Waals surface area contributed by atoms with Gasteiger partial charge in [0.2, 0.25) is 5.91 Å². The molecule has 6 nitrogen and oxygen atoms in total. The number of hydrogen-bond acceptors (Lipinski definition) is 5. The molecule has 1 amide bonds. The minimum absolute atomic E-state index is 0.288. The Kier molecular flexibility index (Phi) is 4.63. The topological polar surface area (TPSA) is 52.6 Å². The van der Waals surface area contributed by atoms with Gasteiger partial charge in [0.05, 0.1) is 12.2 Å². The zero-order valence-corrected chi connectivity index (χ0v) is 15.4. The fourth-order valence-electron chi connectivity index (χ4n) is 4.36. The van der Waals surface area contributed by atoms with Crippen molar-refractivity contribution in [2.45, 2.75) is 52.1 Å². The van der Waals surface area contributed by atoms with Crippen molar-refractivity contribution >= 4 is 11.7 Å². The van der Waals surface area contributed by atoms with Crippen molar-refractivity contribution in [1.29, 1.82) is 0 Å². The Bertz CT molecular complexity index is 641. The molecule has 0 unspecified atom stereocenters. The fourth-order valence-corrected chi connectivity index (χ4v) is 4.36. The van der Waals surface area contributed by atoms with Crippen molar-refractivity contribution < 1.29 is 4.79 Å². The number of fused-ring (bicyclic) bond motifs is 1. The standard InChI is InChI=1S/C19H29N5O/c1-3-22(4-2)15-7-9-23(11-15)18-16-8-10-24(19(25)14-5-6-14)12-17(16)20-13-21-18/h13-15H,3-12H2,1-2H3/t15-/m1/s1. The van der Waals surface area contributed by atoms with Crippen molar-refractivity contribution in [2.75, 3.05) is 37.6 Å². The molecule has 0 N–H and O–H groups in total. The average Bonchev–Trinajstić information content (AvgIpc) is 3.39. The summed E-state index contributed by atoms with van der Waals surface area (Å²) in [5.41, 5.74) is 2.32. The molecule has 4 rings (SSSR count). The van der Waals surface area contributed by atoms with Crippen LogP contribution in [0.25, 0.3) is 0 Å². The number of rotatable bonds is 5. The minimum Gasteiger partial charge on any atom is -0.355 e. The van der Waals surface area contributed by atoms with E-state index in [1.54, 1.807) is 6.33 Å². The molecule has 1 saturated carbocycles. The maximum absolute atomic E-state index is 12.4. The molecule has 3 aliphatic rings. The van der Waals surface area contributed by atoms with Gasteiger partial charge in [-0.25, -0.2) is 9.97 Å². The van der Waals surface area contributed by atoms with E-state index in [0.29, 0.717) is 18.5 Å². The number of carbonyl (C=O) groups excluding carboxylic acids is 1. The lowest BCUT2D eigenvalue weighted by atomic mass is 10.0. The fraction of sp³-hybridized carbons (Fsp3) is 0.737. The number of carbonyl (C=O) groups is 1. The highest BCUT2D eigenvalue weighted by Gasteiger charge is 2.36. The van der Waals surface area contributed by atoms with Crippen LogP contribution in [0.1, 0.15) is 44.4 Å². The van der Waals surface area contributed by atoms with Crippen molar-refractivity contribution in [2.24, 2.45) is 5.92 Å². The second-order valence-electron chi connectivity index (χ2n) is 7.52. The van der Waals surface area contributed by atoms with Gasteiger partial charge in [-0.05, 0) is 38.8 Å². The first kappa shape index (κ1) is 16.8. The van der Waals surface area contributed by atoms with E-state index in [-0.39, 0.29) is 5.92 Å². The summed E-state index contributed by atoms with van der Waals surface area (Å²) in [7, 11) is 0. The van der Waals surface area contributed by atoms with Crippen LogP contribution in [0.15, 0.2) is 6.33 Å². The Hall–Kier alpha value is -1.69. The summed E-state index contributed by atoms with van der Waals surface area (Å²) in [6.45, 7) is 10.3. The van der Waals surface area contributed by atoms with Gasteiger partial charge in [-0.3, -0.25) is 9.69 Å². The van der Waals surface area contributed by atoms with E-state index in [0.717, 1.165) is 63.5 Å². The van der Waals surface area contributed by atoms with Crippen LogP contribution in [-0.2, 0) is 17.8 Å². The highest BCUT2D eigenvalue weighted by atomic mass is 16.2. The quantitative estimate of drug-likeness (QED) is 0.814. The number of nitrogens with zero attached hydrogens (tertiary/aromatic N) is 5. The minimum atomic E-state index is 0.288. The van der Waals surface area contributed by atoms with Gasteiger partial charge in [0.25, 0.3) is 0 Å². The van der Waals surface area contributed by atoms with Crippen molar-refractivity contribution in [3.8, 4) is 0 Å². The Labute approximate surface area is 150 Å². The van der Waals surface area contributed by atoms with Crippen LogP contribution >= 0.6 is 0 Å². The molecule has 3 heterocycles. The highest BCUT2D eigenvalue weighted by Crippen LogP contribution is 2.34.